The lowest BCUT2D eigenvalue weighted by atomic mass is 9.95. The molecule has 0 aliphatic carbocycles. The molecule has 1 aliphatic rings. The van der Waals surface area contributed by atoms with Gasteiger partial charge in [0.25, 0.3) is 0 Å². The number of halogens is 1. The van der Waals surface area contributed by atoms with Gasteiger partial charge in [-0.25, -0.2) is 12.8 Å². The summed E-state index contributed by atoms with van der Waals surface area (Å²) in [4.78, 5) is 0.174. The molecule has 1 fully saturated rings. The van der Waals surface area contributed by atoms with Gasteiger partial charge in [-0.2, -0.15) is 4.31 Å². The average Bonchev–Trinajstić information content (AvgIpc) is 2.46. The highest BCUT2D eigenvalue weighted by Crippen LogP contribution is 2.25. The number of sulfonamides is 1. The maximum absolute atomic E-state index is 12.9. The summed E-state index contributed by atoms with van der Waals surface area (Å²) >= 11 is 0. The third kappa shape index (κ3) is 3.56. The van der Waals surface area contributed by atoms with E-state index in [4.69, 9.17) is 0 Å². The van der Waals surface area contributed by atoms with Crippen LogP contribution in [-0.4, -0.2) is 39.4 Å². The zero-order valence-electron chi connectivity index (χ0n) is 11.7. The van der Waals surface area contributed by atoms with Gasteiger partial charge in [0.15, 0.2) is 0 Å². The van der Waals surface area contributed by atoms with Crippen LogP contribution in [0.1, 0.15) is 19.3 Å². The van der Waals surface area contributed by atoms with Gasteiger partial charge in [0.05, 0.1) is 4.90 Å². The fourth-order valence-corrected chi connectivity index (χ4v) is 4.01. The maximum Gasteiger partial charge on any atom is 0.243 e. The molecule has 1 aromatic rings. The summed E-state index contributed by atoms with van der Waals surface area (Å²) in [6, 6.07) is 5.04. The highest BCUT2D eigenvalue weighted by Gasteiger charge is 2.29. The molecule has 1 N–H and O–H groups in total. The van der Waals surface area contributed by atoms with Crippen molar-refractivity contribution in [3.05, 3.63) is 30.1 Å². The molecule has 0 radical (unpaired) electrons. The Bertz CT molecular complexity index is 523. The number of nitrogens with one attached hydrogen (secondary N) is 1. The summed E-state index contributed by atoms with van der Waals surface area (Å²) in [6.45, 7) is 2.07. The van der Waals surface area contributed by atoms with Crippen molar-refractivity contribution in [2.75, 3.05) is 26.7 Å². The van der Waals surface area contributed by atoms with Crippen molar-refractivity contribution in [3.63, 3.8) is 0 Å². The molecular formula is C14H21FN2O2S. The second kappa shape index (κ2) is 6.65. The van der Waals surface area contributed by atoms with E-state index < -0.39 is 15.8 Å². The summed E-state index contributed by atoms with van der Waals surface area (Å²) in [6.07, 6.45) is 2.87. The monoisotopic (exact) mass is 300 g/mol. The van der Waals surface area contributed by atoms with Crippen molar-refractivity contribution in [1.82, 2.24) is 9.62 Å². The molecule has 2 rings (SSSR count). The molecule has 4 nitrogen and oxygen atoms in total. The van der Waals surface area contributed by atoms with Crippen molar-refractivity contribution in [3.8, 4) is 0 Å². The number of hydrogen-bond donors (Lipinski definition) is 1. The smallest absolute Gasteiger partial charge is 0.243 e. The predicted molar refractivity (Wildman–Crippen MR) is 76.4 cm³/mol. The summed E-state index contributed by atoms with van der Waals surface area (Å²) < 4.78 is 39.2. The van der Waals surface area contributed by atoms with Crippen molar-refractivity contribution >= 4 is 10.0 Å². The lowest BCUT2D eigenvalue weighted by Gasteiger charge is -2.31. The molecule has 0 bridgehead atoms. The summed E-state index contributed by atoms with van der Waals surface area (Å²) in [7, 11) is -1.55. The van der Waals surface area contributed by atoms with E-state index >= 15 is 0 Å². The van der Waals surface area contributed by atoms with E-state index in [1.807, 2.05) is 7.05 Å². The van der Waals surface area contributed by atoms with Crippen LogP contribution >= 0.6 is 0 Å². The second-order valence-corrected chi connectivity index (χ2v) is 7.13. The summed E-state index contributed by atoms with van der Waals surface area (Å²) in [5.41, 5.74) is 0. The van der Waals surface area contributed by atoms with Crippen molar-refractivity contribution < 1.29 is 12.8 Å². The predicted octanol–water partition coefficient (Wildman–Crippen LogP) is 1.84. The molecule has 0 atom stereocenters. The molecule has 0 aromatic heterocycles. The Hall–Kier alpha value is -0.980. The zero-order chi connectivity index (χ0) is 14.6. The van der Waals surface area contributed by atoms with Gasteiger partial charge in [-0.05, 0) is 63.0 Å². The van der Waals surface area contributed by atoms with E-state index in [1.165, 1.54) is 28.6 Å². The molecule has 0 unspecified atom stereocenters. The van der Waals surface area contributed by atoms with Crippen LogP contribution in [0.2, 0.25) is 0 Å². The Morgan fingerprint density at radius 2 is 1.85 bits per heavy atom. The van der Waals surface area contributed by atoms with Gasteiger partial charge in [-0.3, -0.25) is 0 Å². The van der Waals surface area contributed by atoms with Gasteiger partial charge in [0.1, 0.15) is 5.82 Å². The Balaban J connectivity index is 2.00. The van der Waals surface area contributed by atoms with Crippen LogP contribution < -0.4 is 5.32 Å². The second-order valence-electron chi connectivity index (χ2n) is 5.19. The van der Waals surface area contributed by atoms with E-state index in [9.17, 15) is 12.8 Å². The molecule has 0 spiro atoms. The van der Waals surface area contributed by atoms with Gasteiger partial charge in [-0.1, -0.05) is 0 Å². The molecule has 0 saturated carbocycles. The third-order valence-corrected chi connectivity index (χ3v) is 5.74. The van der Waals surface area contributed by atoms with Crippen LogP contribution in [-0.2, 0) is 10.0 Å². The van der Waals surface area contributed by atoms with Crippen LogP contribution in [0.5, 0.6) is 0 Å². The van der Waals surface area contributed by atoms with Crippen LogP contribution in [0.25, 0.3) is 0 Å². The highest BCUT2D eigenvalue weighted by molar-refractivity contribution is 7.89. The quantitative estimate of drug-likeness (QED) is 0.902. The topological polar surface area (TPSA) is 49.4 Å². The van der Waals surface area contributed by atoms with E-state index in [2.05, 4.69) is 5.32 Å². The molecule has 6 heteroatoms. The molecule has 112 valence electrons. The van der Waals surface area contributed by atoms with Crippen LogP contribution in [0, 0.1) is 11.7 Å². The molecule has 1 aromatic carbocycles. The Morgan fingerprint density at radius 1 is 1.25 bits per heavy atom. The van der Waals surface area contributed by atoms with Gasteiger partial charge >= 0.3 is 0 Å². The first-order chi connectivity index (χ1) is 9.54. The summed E-state index contributed by atoms with van der Waals surface area (Å²) in [5, 5.41) is 3.12. The third-order valence-electron chi connectivity index (χ3n) is 3.83. The van der Waals surface area contributed by atoms with Crippen molar-refractivity contribution in [1.29, 1.82) is 0 Å². The Kier molecular flexibility index (Phi) is 5.12. The number of benzene rings is 1. The molecule has 1 heterocycles. The first-order valence-corrected chi connectivity index (χ1v) is 8.38. The highest BCUT2D eigenvalue weighted by atomic mass is 32.2. The lowest BCUT2D eigenvalue weighted by molar-refractivity contribution is 0.263. The van der Waals surface area contributed by atoms with E-state index in [0.29, 0.717) is 19.0 Å². The first-order valence-electron chi connectivity index (χ1n) is 6.94. The van der Waals surface area contributed by atoms with Gasteiger partial charge in [0.2, 0.25) is 10.0 Å². The molecule has 1 aliphatic heterocycles. The van der Waals surface area contributed by atoms with Crippen LogP contribution in [0.15, 0.2) is 29.2 Å². The number of hydrogen-bond acceptors (Lipinski definition) is 3. The van der Waals surface area contributed by atoms with Gasteiger partial charge in [-0.15, -0.1) is 0 Å². The number of nitrogens with zero attached hydrogens (tertiary/aromatic N) is 1. The standard InChI is InChI=1S/C14H21FN2O2S/c1-16-9-6-12-7-10-17(11-8-12)20(18,19)14-4-2-13(15)3-5-14/h2-5,12,16H,6-11H2,1H3. The van der Waals surface area contributed by atoms with E-state index in [-0.39, 0.29) is 4.90 Å². The molecule has 20 heavy (non-hydrogen) atoms. The van der Waals surface area contributed by atoms with Crippen molar-refractivity contribution in [2.24, 2.45) is 5.92 Å². The maximum atomic E-state index is 12.9. The zero-order valence-corrected chi connectivity index (χ0v) is 12.5. The van der Waals surface area contributed by atoms with Gasteiger partial charge < -0.3 is 5.32 Å². The number of rotatable bonds is 5. The Labute approximate surface area is 120 Å². The summed E-state index contributed by atoms with van der Waals surface area (Å²) in [5.74, 6) is 0.164. The minimum atomic E-state index is -3.47. The fraction of sp³-hybridized carbons (Fsp3) is 0.571. The molecule has 0 amide bonds. The van der Waals surface area contributed by atoms with Crippen LogP contribution in [0.3, 0.4) is 0 Å². The van der Waals surface area contributed by atoms with Gasteiger partial charge in [0, 0.05) is 13.1 Å². The van der Waals surface area contributed by atoms with E-state index in [0.717, 1.165) is 25.8 Å². The average molecular weight is 300 g/mol. The molecule has 1 saturated heterocycles. The SMILES string of the molecule is CNCCC1CCN(S(=O)(=O)c2ccc(F)cc2)CC1. The first kappa shape index (κ1) is 15.4. The number of piperidine rings is 1. The largest absolute Gasteiger partial charge is 0.320 e. The fourth-order valence-electron chi connectivity index (χ4n) is 2.54. The lowest BCUT2D eigenvalue weighted by Crippen LogP contribution is -2.38. The normalized spacial score (nSPS) is 18.3. The Morgan fingerprint density at radius 3 is 2.40 bits per heavy atom. The molecular weight excluding hydrogens is 279 g/mol. The minimum absolute atomic E-state index is 0.174. The van der Waals surface area contributed by atoms with Crippen molar-refractivity contribution in [2.45, 2.75) is 24.2 Å². The van der Waals surface area contributed by atoms with Crippen LogP contribution in [0.4, 0.5) is 4.39 Å². The minimum Gasteiger partial charge on any atom is -0.320 e. The van der Waals surface area contributed by atoms with E-state index in [1.54, 1.807) is 0 Å².